The van der Waals surface area contributed by atoms with Gasteiger partial charge in [-0.15, -0.1) is 0 Å². The summed E-state index contributed by atoms with van der Waals surface area (Å²) in [5.41, 5.74) is 3.63. The molecule has 6 heteroatoms. The van der Waals surface area contributed by atoms with Crippen LogP contribution in [0, 0.1) is 23.0 Å². The molecule has 0 saturated heterocycles. The fourth-order valence-electron chi connectivity index (χ4n) is 4.23. The van der Waals surface area contributed by atoms with Gasteiger partial charge in [-0.25, -0.2) is 0 Å². The summed E-state index contributed by atoms with van der Waals surface area (Å²) >= 11 is 0. The lowest BCUT2D eigenvalue weighted by Gasteiger charge is -2.38. The number of nitro groups is 1. The van der Waals surface area contributed by atoms with Crippen LogP contribution in [0.1, 0.15) is 35.1 Å². The van der Waals surface area contributed by atoms with Crippen molar-refractivity contribution in [2.45, 2.75) is 25.3 Å². The smallest absolute Gasteiger partial charge is 0.274 e. The van der Waals surface area contributed by atoms with Crippen LogP contribution in [0.15, 0.2) is 42.5 Å². The van der Waals surface area contributed by atoms with Gasteiger partial charge in [0.25, 0.3) is 5.69 Å². The Bertz CT molecular complexity index is 922. The predicted octanol–water partition coefficient (Wildman–Crippen LogP) is 4.44. The molecule has 26 heavy (non-hydrogen) atoms. The lowest BCUT2D eigenvalue weighted by Crippen LogP contribution is -2.29. The molecule has 2 aromatic carbocycles. The minimum Gasteiger partial charge on any atom is -0.504 e. The maximum Gasteiger partial charge on any atom is 0.274 e. The van der Waals surface area contributed by atoms with Crippen molar-refractivity contribution in [3.8, 4) is 11.5 Å². The van der Waals surface area contributed by atoms with E-state index in [9.17, 15) is 15.2 Å². The highest BCUT2D eigenvalue weighted by Gasteiger charge is 2.39. The number of hydrogen-bond donors (Lipinski definition) is 2. The quantitative estimate of drug-likeness (QED) is 0.484. The number of allylic oxidation sites excluding steroid dienone is 2. The summed E-state index contributed by atoms with van der Waals surface area (Å²) in [5.74, 6) is 1.03. The van der Waals surface area contributed by atoms with E-state index in [0.717, 1.165) is 23.2 Å². The topological polar surface area (TPSA) is 84.6 Å². The number of ether oxygens (including phenoxy) is 1. The fourth-order valence-corrected chi connectivity index (χ4v) is 4.23. The number of nitrogens with zero attached hydrogens (tertiary/aromatic N) is 1. The summed E-state index contributed by atoms with van der Waals surface area (Å²) in [6, 6.07) is 8.81. The Morgan fingerprint density at radius 3 is 2.81 bits per heavy atom. The summed E-state index contributed by atoms with van der Waals surface area (Å²) in [5, 5.41) is 25.0. The van der Waals surface area contributed by atoms with Crippen LogP contribution in [0.4, 0.5) is 11.4 Å². The predicted molar refractivity (Wildman–Crippen MR) is 98.8 cm³/mol. The maximum absolute atomic E-state index is 11.3. The largest absolute Gasteiger partial charge is 0.504 e. The number of benzene rings is 2. The van der Waals surface area contributed by atoms with E-state index in [0.29, 0.717) is 17.2 Å². The van der Waals surface area contributed by atoms with E-state index in [1.54, 1.807) is 25.1 Å². The molecule has 0 amide bonds. The van der Waals surface area contributed by atoms with Crippen LogP contribution < -0.4 is 10.1 Å². The molecule has 1 heterocycles. The number of phenolic OH excluding ortho intramolecular Hbond substituents is 1. The number of aromatic hydroxyl groups is 1. The molecule has 6 nitrogen and oxygen atoms in total. The second kappa shape index (κ2) is 6.05. The number of rotatable bonds is 3. The van der Waals surface area contributed by atoms with Gasteiger partial charge in [-0.1, -0.05) is 18.2 Å². The first-order valence-corrected chi connectivity index (χ1v) is 8.59. The van der Waals surface area contributed by atoms with Crippen LogP contribution in [0.5, 0.6) is 11.5 Å². The summed E-state index contributed by atoms with van der Waals surface area (Å²) < 4.78 is 5.13. The van der Waals surface area contributed by atoms with Crippen molar-refractivity contribution >= 4 is 11.4 Å². The van der Waals surface area contributed by atoms with Crippen LogP contribution in [0.2, 0.25) is 0 Å². The monoisotopic (exact) mass is 352 g/mol. The Kier molecular flexibility index (Phi) is 3.83. The Labute approximate surface area is 151 Å². The van der Waals surface area contributed by atoms with Crippen LogP contribution in [-0.4, -0.2) is 17.1 Å². The number of phenols is 1. The van der Waals surface area contributed by atoms with Crippen molar-refractivity contribution in [1.29, 1.82) is 0 Å². The maximum atomic E-state index is 11.3. The molecule has 0 saturated carbocycles. The second-order valence-electron chi connectivity index (χ2n) is 6.84. The van der Waals surface area contributed by atoms with E-state index in [1.807, 2.05) is 12.1 Å². The molecule has 4 rings (SSSR count). The van der Waals surface area contributed by atoms with Gasteiger partial charge >= 0.3 is 0 Å². The van der Waals surface area contributed by atoms with Crippen molar-refractivity contribution < 1.29 is 14.8 Å². The average Bonchev–Trinajstić information content (AvgIpc) is 3.11. The average molecular weight is 352 g/mol. The molecular weight excluding hydrogens is 332 g/mol. The van der Waals surface area contributed by atoms with E-state index in [2.05, 4.69) is 17.5 Å². The van der Waals surface area contributed by atoms with Crippen molar-refractivity contribution in [2.24, 2.45) is 5.92 Å². The summed E-state index contributed by atoms with van der Waals surface area (Å²) in [4.78, 5) is 11.0. The SMILES string of the molecule is COc1ccc(C2Nc3c(ccc([N+](=O)[O-])c3C)C3C=CCC32)cc1O. The van der Waals surface area contributed by atoms with E-state index < -0.39 is 0 Å². The standard InChI is InChI=1S/C20H20N2O4/c1-11-16(22(24)25)8-7-15-13-4-3-5-14(13)20(21-19(11)15)12-6-9-18(26-2)17(23)10-12/h3-4,6-10,13-14,20-21,23H,5H2,1-2H3. The number of hydrogen-bond acceptors (Lipinski definition) is 5. The number of nitro benzene ring substituents is 1. The molecule has 2 N–H and O–H groups in total. The molecule has 0 bridgehead atoms. The highest BCUT2D eigenvalue weighted by Crippen LogP contribution is 2.52. The van der Waals surface area contributed by atoms with Crippen molar-refractivity contribution in [3.63, 3.8) is 0 Å². The van der Waals surface area contributed by atoms with Gasteiger partial charge in [0.05, 0.1) is 23.6 Å². The lowest BCUT2D eigenvalue weighted by molar-refractivity contribution is -0.385. The molecule has 0 spiro atoms. The van der Waals surface area contributed by atoms with Crippen molar-refractivity contribution in [2.75, 3.05) is 12.4 Å². The van der Waals surface area contributed by atoms with Gasteiger partial charge in [0, 0.05) is 17.7 Å². The molecule has 1 aliphatic carbocycles. The number of anilines is 1. The lowest BCUT2D eigenvalue weighted by atomic mass is 9.76. The Hall–Kier alpha value is -3.02. The molecule has 0 fully saturated rings. The van der Waals surface area contributed by atoms with E-state index in [1.165, 1.54) is 7.11 Å². The molecule has 0 aromatic heterocycles. The van der Waals surface area contributed by atoms with Gasteiger partial charge in [0.2, 0.25) is 0 Å². The van der Waals surface area contributed by atoms with Gasteiger partial charge in [-0.2, -0.15) is 0 Å². The Morgan fingerprint density at radius 1 is 1.31 bits per heavy atom. The Morgan fingerprint density at radius 2 is 2.12 bits per heavy atom. The van der Waals surface area contributed by atoms with E-state index in [4.69, 9.17) is 4.74 Å². The second-order valence-corrected chi connectivity index (χ2v) is 6.84. The third kappa shape index (κ3) is 2.41. The molecule has 2 aromatic rings. The highest BCUT2D eigenvalue weighted by atomic mass is 16.6. The molecule has 3 atom stereocenters. The third-order valence-electron chi connectivity index (χ3n) is 5.53. The van der Waals surface area contributed by atoms with Crippen LogP contribution in [0.25, 0.3) is 0 Å². The minimum atomic E-state index is -0.345. The van der Waals surface area contributed by atoms with Gasteiger partial charge in [0.1, 0.15) is 0 Å². The van der Waals surface area contributed by atoms with Crippen LogP contribution in [0.3, 0.4) is 0 Å². The fraction of sp³-hybridized carbons (Fsp3) is 0.300. The van der Waals surface area contributed by atoms with Gasteiger partial charge in [0.15, 0.2) is 11.5 Å². The van der Waals surface area contributed by atoms with Crippen molar-refractivity contribution in [1.82, 2.24) is 0 Å². The molecule has 1 aliphatic heterocycles. The van der Waals surface area contributed by atoms with Gasteiger partial charge in [-0.3, -0.25) is 10.1 Å². The number of methoxy groups -OCH3 is 1. The normalized spacial score (nSPS) is 23.1. The zero-order chi connectivity index (χ0) is 18.4. The van der Waals surface area contributed by atoms with E-state index in [-0.39, 0.29) is 28.3 Å². The summed E-state index contributed by atoms with van der Waals surface area (Å²) in [6.45, 7) is 1.78. The summed E-state index contributed by atoms with van der Waals surface area (Å²) in [7, 11) is 1.52. The zero-order valence-electron chi connectivity index (χ0n) is 14.6. The zero-order valence-corrected chi connectivity index (χ0v) is 14.6. The van der Waals surface area contributed by atoms with E-state index >= 15 is 0 Å². The summed E-state index contributed by atoms with van der Waals surface area (Å²) in [6.07, 6.45) is 5.27. The minimum absolute atomic E-state index is 0.0417. The first kappa shape index (κ1) is 16.4. The van der Waals surface area contributed by atoms with Crippen LogP contribution in [-0.2, 0) is 0 Å². The molecule has 3 unspecified atom stereocenters. The molecule has 0 radical (unpaired) electrons. The molecular formula is C20H20N2O4. The van der Waals surface area contributed by atoms with Gasteiger partial charge in [-0.05, 0) is 48.6 Å². The van der Waals surface area contributed by atoms with Gasteiger partial charge < -0.3 is 15.2 Å². The van der Waals surface area contributed by atoms with Crippen molar-refractivity contribution in [3.05, 3.63) is 69.3 Å². The number of nitrogens with one attached hydrogen (secondary N) is 1. The Balaban J connectivity index is 1.81. The highest BCUT2D eigenvalue weighted by molar-refractivity contribution is 5.69. The first-order chi connectivity index (χ1) is 12.5. The molecule has 2 aliphatic rings. The number of fused-ring (bicyclic) bond motifs is 3. The first-order valence-electron chi connectivity index (χ1n) is 8.59. The third-order valence-corrected chi connectivity index (χ3v) is 5.53. The van der Waals surface area contributed by atoms with Crippen LogP contribution >= 0.6 is 0 Å². The molecule has 134 valence electrons.